The lowest BCUT2D eigenvalue weighted by atomic mass is 9.94. The highest BCUT2D eigenvalue weighted by molar-refractivity contribution is 9.11. The molecule has 0 bridgehead atoms. The van der Waals surface area contributed by atoms with Crippen molar-refractivity contribution in [3.63, 3.8) is 0 Å². The molecule has 1 fully saturated rings. The van der Waals surface area contributed by atoms with Gasteiger partial charge in [0.1, 0.15) is 0 Å². The summed E-state index contributed by atoms with van der Waals surface area (Å²) in [5, 5.41) is 0. The lowest BCUT2D eigenvalue weighted by molar-refractivity contribution is -0.189. The summed E-state index contributed by atoms with van der Waals surface area (Å²) in [6.45, 7) is 2.58. The first kappa shape index (κ1) is 16.3. The molecule has 0 aliphatic carbocycles. The fourth-order valence-corrected chi connectivity index (χ4v) is 4.46. The van der Waals surface area contributed by atoms with Crippen LogP contribution in [0.25, 0.3) is 0 Å². The van der Waals surface area contributed by atoms with Crippen molar-refractivity contribution in [3.05, 3.63) is 20.8 Å². The molecule has 0 amide bonds. The third-order valence-corrected chi connectivity index (χ3v) is 5.39. The van der Waals surface area contributed by atoms with Gasteiger partial charge in [-0.05, 0) is 54.4 Å². The molecule has 3 unspecified atom stereocenters. The van der Waals surface area contributed by atoms with Crippen LogP contribution < -0.4 is 5.73 Å². The zero-order valence-corrected chi connectivity index (χ0v) is 13.6. The summed E-state index contributed by atoms with van der Waals surface area (Å²) in [4.78, 5) is 2.92. The van der Waals surface area contributed by atoms with Crippen molar-refractivity contribution < 1.29 is 13.2 Å². The van der Waals surface area contributed by atoms with Crippen LogP contribution in [0.2, 0.25) is 0 Å². The molecule has 7 heteroatoms. The molecule has 1 aliphatic heterocycles. The summed E-state index contributed by atoms with van der Waals surface area (Å²) in [6, 6.07) is 3.52. The maximum atomic E-state index is 12.9. The highest BCUT2D eigenvalue weighted by Crippen LogP contribution is 2.38. The lowest BCUT2D eigenvalue weighted by Crippen LogP contribution is -2.47. The summed E-state index contributed by atoms with van der Waals surface area (Å²) < 4.78 is 39.7. The average Bonchev–Trinajstić information content (AvgIpc) is 2.74. The standard InChI is InChI=1S/C13H18BrF3N2S/c1-8(18)12(10-4-5-11(14)20-10)19-6-2-3-9(7-19)13(15,16)17/h4-5,8-9,12H,2-3,6-7,18H2,1H3. The minimum Gasteiger partial charge on any atom is -0.326 e. The fraction of sp³-hybridized carbons (Fsp3) is 0.692. The summed E-state index contributed by atoms with van der Waals surface area (Å²) in [5.74, 6) is -1.24. The second-order valence-corrected chi connectivity index (χ2v) is 7.82. The SMILES string of the molecule is CC(N)C(c1ccc(Br)s1)N1CCCC(C(F)(F)F)C1. The third kappa shape index (κ3) is 3.75. The molecule has 1 aromatic rings. The van der Waals surface area contributed by atoms with Crippen molar-refractivity contribution >= 4 is 27.3 Å². The van der Waals surface area contributed by atoms with Gasteiger partial charge in [-0.25, -0.2) is 0 Å². The molecule has 0 saturated carbocycles. The maximum Gasteiger partial charge on any atom is 0.393 e. The van der Waals surface area contributed by atoms with E-state index in [1.807, 2.05) is 24.0 Å². The Morgan fingerprint density at radius 1 is 1.45 bits per heavy atom. The second-order valence-electron chi connectivity index (χ2n) is 5.32. The van der Waals surface area contributed by atoms with E-state index in [2.05, 4.69) is 15.9 Å². The van der Waals surface area contributed by atoms with Crippen molar-refractivity contribution in [2.45, 2.75) is 38.0 Å². The van der Waals surface area contributed by atoms with Crippen LogP contribution in [0.15, 0.2) is 15.9 Å². The largest absolute Gasteiger partial charge is 0.393 e. The topological polar surface area (TPSA) is 29.3 Å². The molecule has 114 valence electrons. The van der Waals surface area contributed by atoms with Crippen LogP contribution in [0.4, 0.5) is 13.2 Å². The van der Waals surface area contributed by atoms with Crippen molar-refractivity contribution in [3.8, 4) is 0 Å². The first-order valence-corrected chi connectivity index (χ1v) is 8.21. The van der Waals surface area contributed by atoms with Gasteiger partial charge in [0.05, 0.1) is 15.7 Å². The molecule has 0 spiro atoms. The average molecular weight is 371 g/mol. The Balaban J connectivity index is 2.17. The number of likely N-dealkylation sites (tertiary alicyclic amines) is 1. The fourth-order valence-electron chi connectivity index (χ4n) is 2.79. The van der Waals surface area contributed by atoms with Gasteiger partial charge in [0, 0.05) is 17.5 Å². The smallest absolute Gasteiger partial charge is 0.326 e. The van der Waals surface area contributed by atoms with E-state index in [0.29, 0.717) is 13.0 Å². The van der Waals surface area contributed by atoms with Crippen LogP contribution in [0.5, 0.6) is 0 Å². The Labute approximate surface area is 129 Å². The zero-order valence-electron chi connectivity index (χ0n) is 11.2. The van der Waals surface area contributed by atoms with E-state index in [9.17, 15) is 13.2 Å². The first-order valence-electron chi connectivity index (χ1n) is 6.60. The first-order chi connectivity index (χ1) is 9.29. The molecule has 2 rings (SSSR count). The van der Waals surface area contributed by atoms with Crippen LogP contribution in [-0.4, -0.2) is 30.2 Å². The minimum absolute atomic E-state index is 0.0469. The molecule has 20 heavy (non-hydrogen) atoms. The van der Waals surface area contributed by atoms with Gasteiger partial charge in [-0.1, -0.05) is 0 Å². The number of hydrogen-bond acceptors (Lipinski definition) is 3. The molecule has 0 radical (unpaired) electrons. The summed E-state index contributed by atoms with van der Waals surface area (Å²) in [7, 11) is 0. The molecule has 1 saturated heterocycles. The third-order valence-electron chi connectivity index (χ3n) is 3.69. The number of thiophene rings is 1. The van der Waals surface area contributed by atoms with Crippen LogP contribution in [-0.2, 0) is 0 Å². The van der Waals surface area contributed by atoms with E-state index in [0.717, 1.165) is 8.66 Å². The van der Waals surface area contributed by atoms with Crippen molar-refractivity contribution in [1.29, 1.82) is 0 Å². The predicted octanol–water partition coefficient (Wildman–Crippen LogP) is 4.17. The molecular formula is C13H18BrF3N2S. The second kappa shape index (κ2) is 6.34. The van der Waals surface area contributed by atoms with E-state index >= 15 is 0 Å². The number of nitrogens with two attached hydrogens (primary N) is 1. The Kier molecular flexibility index (Phi) is 5.15. The zero-order chi connectivity index (χ0) is 14.9. The lowest BCUT2D eigenvalue weighted by Gasteiger charge is -2.40. The Morgan fingerprint density at radius 2 is 2.15 bits per heavy atom. The highest BCUT2D eigenvalue weighted by atomic mass is 79.9. The van der Waals surface area contributed by atoms with Gasteiger partial charge >= 0.3 is 6.18 Å². The van der Waals surface area contributed by atoms with Crippen molar-refractivity contribution in [2.75, 3.05) is 13.1 Å². The number of halogens is 4. The van der Waals surface area contributed by atoms with E-state index in [1.54, 1.807) is 11.3 Å². The molecule has 2 heterocycles. The number of alkyl halides is 3. The number of hydrogen-bond donors (Lipinski definition) is 1. The van der Waals surface area contributed by atoms with Crippen LogP contribution in [0.3, 0.4) is 0 Å². The Hall–Kier alpha value is -0.110. The van der Waals surface area contributed by atoms with Gasteiger partial charge in [-0.3, -0.25) is 4.90 Å². The monoisotopic (exact) mass is 370 g/mol. The van der Waals surface area contributed by atoms with Crippen molar-refractivity contribution in [1.82, 2.24) is 4.90 Å². The predicted molar refractivity (Wildman–Crippen MR) is 78.8 cm³/mol. The Morgan fingerprint density at radius 3 is 2.65 bits per heavy atom. The van der Waals surface area contributed by atoms with Gasteiger partial charge in [0.2, 0.25) is 0 Å². The van der Waals surface area contributed by atoms with Crippen LogP contribution in [0.1, 0.15) is 30.7 Å². The molecule has 2 nitrogen and oxygen atoms in total. The molecule has 3 atom stereocenters. The maximum absolute atomic E-state index is 12.9. The summed E-state index contributed by atoms with van der Waals surface area (Å²) in [6.07, 6.45) is -3.32. The van der Waals surface area contributed by atoms with Crippen molar-refractivity contribution in [2.24, 2.45) is 11.7 Å². The van der Waals surface area contributed by atoms with Gasteiger partial charge in [0.25, 0.3) is 0 Å². The van der Waals surface area contributed by atoms with E-state index in [4.69, 9.17) is 5.73 Å². The number of rotatable bonds is 3. The summed E-state index contributed by atoms with van der Waals surface area (Å²) in [5.41, 5.74) is 6.03. The normalized spacial score (nSPS) is 24.6. The molecule has 1 aromatic heterocycles. The van der Waals surface area contributed by atoms with Gasteiger partial charge in [0.15, 0.2) is 0 Å². The van der Waals surface area contributed by atoms with E-state index in [1.165, 1.54) is 0 Å². The number of piperidine rings is 1. The van der Waals surface area contributed by atoms with E-state index < -0.39 is 12.1 Å². The number of nitrogens with zero attached hydrogens (tertiary/aromatic N) is 1. The molecule has 1 aliphatic rings. The summed E-state index contributed by atoms with van der Waals surface area (Å²) >= 11 is 4.94. The molecule has 2 N–H and O–H groups in total. The Bertz CT molecular complexity index is 447. The minimum atomic E-state index is -4.11. The quantitative estimate of drug-likeness (QED) is 0.864. The highest BCUT2D eigenvalue weighted by Gasteiger charge is 2.43. The molecule has 0 aromatic carbocycles. The van der Waals surface area contributed by atoms with Gasteiger partial charge in [-0.15, -0.1) is 11.3 Å². The van der Waals surface area contributed by atoms with Crippen LogP contribution in [0, 0.1) is 5.92 Å². The van der Waals surface area contributed by atoms with Gasteiger partial charge < -0.3 is 5.73 Å². The van der Waals surface area contributed by atoms with E-state index in [-0.39, 0.29) is 25.0 Å². The molecular weight excluding hydrogens is 353 g/mol. The van der Waals surface area contributed by atoms with Crippen LogP contribution >= 0.6 is 27.3 Å². The van der Waals surface area contributed by atoms with Gasteiger partial charge in [-0.2, -0.15) is 13.2 Å².